The van der Waals surface area contributed by atoms with E-state index >= 15 is 0 Å². The van der Waals surface area contributed by atoms with Gasteiger partial charge in [-0.15, -0.1) is 11.8 Å². The van der Waals surface area contributed by atoms with Crippen LogP contribution in [-0.4, -0.2) is 90.2 Å². The van der Waals surface area contributed by atoms with Crippen LogP contribution < -0.4 is 5.32 Å². The first kappa shape index (κ1) is 33.8. The van der Waals surface area contributed by atoms with Gasteiger partial charge >= 0.3 is 29.8 Å². The monoisotopic (exact) mass is 617 g/mol. The highest BCUT2D eigenvalue weighted by Gasteiger charge is 2.63. The second-order valence-electron chi connectivity index (χ2n) is 8.90. The van der Waals surface area contributed by atoms with Crippen LogP contribution in [0.4, 0.5) is 0 Å². The minimum atomic E-state index is -2.41. The maximum atomic E-state index is 13.2. The number of amides is 1. The van der Waals surface area contributed by atoms with Crippen LogP contribution in [0, 0.1) is 0 Å². The first-order chi connectivity index (χ1) is 19.2. The second-order valence-corrected chi connectivity index (χ2v) is 10.7. The van der Waals surface area contributed by atoms with Gasteiger partial charge in [-0.05, 0) is 12.1 Å². The Morgan fingerprint density at radius 2 is 1.56 bits per heavy atom. The van der Waals surface area contributed by atoms with Crippen molar-refractivity contribution in [3.63, 3.8) is 0 Å². The summed E-state index contributed by atoms with van der Waals surface area (Å²) in [7, 11) is 1.06. The fraction of sp³-hybridized carbons (Fsp3) is 0.538. The van der Waals surface area contributed by atoms with Gasteiger partial charge < -0.3 is 33.7 Å². The van der Waals surface area contributed by atoms with Crippen molar-refractivity contribution in [3.05, 3.63) is 30.3 Å². The molecule has 0 bridgehead atoms. The van der Waals surface area contributed by atoms with Gasteiger partial charge in [-0.3, -0.25) is 24.0 Å². The largest absolute Gasteiger partial charge is 0.466 e. The van der Waals surface area contributed by atoms with E-state index in [9.17, 15) is 28.8 Å². The average molecular weight is 618 g/mol. The van der Waals surface area contributed by atoms with E-state index in [1.807, 2.05) is 0 Å². The molecule has 15 heteroatoms. The SMILES string of the molecule is COC(=O)[C@@]1(Cl)O[C@H]([C@H](OC(C)=O)[C@H](COC(C)=O)OC(C)=O)[C@H](NC(C)=O)[C@@H](OC(C)=O)[C@H]1Sc1ccccc1. The van der Waals surface area contributed by atoms with Crippen LogP contribution in [0.15, 0.2) is 35.2 Å². The van der Waals surface area contributed by atoms with Gasteiger partial charge in [-0.2, -0.15) is 0 Å². The number of thioether (sulfide) groups is 1. The van der Waals surface area contributed by atoms with Crippen molar-refractivity contribution in [2.45, 2.75) is 80.3 Å². The second kappa shape index (κ2) is 15.0. The number of rotatable bonds is 11. The molecule has 1 aliphatic heterocycles. The fourth-order valence-corrected chi connectivity index (χ4v) is 5.88. The Hall–Kier alpha value is -3.36. The first-order valence-corrected chi connectivity index (χ1v) is 13.5. The molecule has 226 valence electrons. The minimum Gasteiger partial charge on any atom is -0.466 e. The molecule has 0 unspecified atom stereocenters. The highest BCUT2D eigenvalue weighted by atomic mass is 35.5. The van der Waals surface area contributed by atoms with Crippen LogP contribution in [0.25, 0.3) is 0 Å². The van der Waals surface area contributed by atoms with Crippen molar-refractivity contribution >= 4 is 59.1 Å². The molecule has 13 nitrogen and oxygen atoms in total. The van der Waals surface area contributed by atoms with Gasteiger partial charge in [0, 0.05) is 39.5 Å². The number of ether oxygens (including phenoxy) is 6. The summed E-state index contributed by atoms with van der Waals surface area (Å²) < 4.78 is 32.5. The summed E-state index contributed by atoms with van der Waals surface area (Å²) in [5.41, 5.74) is 0. The standard InChI is InChI=1S/C26H32ClNO12S/c1-13(29)28-20-22(21(38-16(4)32)19(37-15(3)31)12-36-14(2)30)40-26(27,25(34)35-6)24(23(20)39-17(5)33)41-18-10-8-7-9-11-18/h7-11,19-24H,12H2,1-6H3,(H,28,29)/t19-,20-,21+,22-,23+,24+,26-/m0/s1. The van der Waals surface area contributed by atoms with Crippen molar-refractivity contribution in [1.29, 1.82) is 0 Å². The van der Waals surface area contributed by atoms with Crippen molar-refractivity contribution in [3.8, 4) is 0 Å². The lowest BCUT2D eigenvalue weighted by Gasteiger charge is -2.50. The zero-order chi connectivity index (χ0) is 30.9. The average Bonchev–Trinajstić information content (AvgIpc) is 2.88. The maximum absolute atomic E-state index is 13.2. The number of alkyl halides is 1. The summed E-state index contributed by atoms with van der Waals surface area (Å²) >= 11 is 7.89. The molecule has 1 fully saturated rings. The van der Waals surface area contributed by atoms with Crippen LogP contribution in [0.1, 0.15) is 34.6 Å². The normalized spacial score (nSPS) is 25.0. The summed E-state index contributed by atoms with van der Waals surface area (Å²) in [6.07, 6.45) is -6.16. The number of hydrogen-bond acceptors (Lipinski definition) is 13. The van der Waals surface area contributed by atoms with E-state index in [0.29, 0.717) is 4.90 Å². The van der Waals surface area contributed by atoms with Crippen LogP contribution in [0.2, 0.25) is 0 Å². The van der Waals surface area contributed by atoms with Crippen molar-refractivity contribution in [1.82, 2.24) is 5.32 Å². The predicted molar refractivity (Wildman–Crippen MR) is 142 cm³/mol. The highest BCUT2D eigenvalue weighted by molar-refractivity contribution is 8.00. The summed E-state index contributed by atoms with van der Waals surface area (Å²) in [5.74, 6) is -4.98. The van der Waals surface area contributed by atoms with Crippen molar-refractivity contribution in [2.75, 3.05) is 13.7 Å². The van der Waals surface area contributed by atoms with Gasteiger partial charge in [0.15, 0.2) is 12.2 Å². The number of carbonyl (C=O) groups is 6. The van der Waals surface area contributed by atoms with Gasteiger partial charge in [0.2, 0.25) is 5.91 Å². The molecule has 1 N–H and O–H groups in total. The zero-order valence-corrected chi connectivity index (χ0v) is 24.8. The molecule has 1 aromatic carbocycles. The molecule has 0 radical (unpaired) electrons. The molecule has 1 aromatic rings. The molecule has 41 heavy (non-hydrogen) atoms. The Balaban J connectivity index is 2.79. The number of halogens is 1. The molecule has 2 rings (SSSR count). The molecule has 1 amide bonds. The quantitative estimate of drug-likeness (QED) is 0.215. The predicted octanol–water partition coefficient (Wildman–Crippen LogP) is 1.52. The number of nitrogens with one attached hydrogen (secondary N) is 1. The van der Waals surface area contributed by atoms with Gasteiger partial charge in [-0.1, -0.05) is 29.8 Å². The molecule has 1 heterocycles. The number of esters is 5. The minimum absolute atomic E-state index is 0.594. The van der Waals surface area contributed by atoms with E-state index < -0.39 is 83.1 Å². The summed E-state index contributed by atoms with van der Waals surface area (Å²) in [5, 5.41) is -1.03. The third-order valence-electron chi connectivity index (χ3n) is 5.58. The lowest BCUT2D eigenvalue weighted by atomic mass is 9.88. The number of hydrogen-bond donors (Lipinski definition) is 1. The fourth-order valence-electron chi connectivity index (χ4n) is 4.17. The molecule has 7 atom stereocenters. The molecule has 1 saturated heterocycles. The molecular formula is C26H32ClNO12S. The van der Waals surface area contributed by atoms with E-state index in [4.69, 9.17) is 40.0 Å². The number of carbonyl (C=O) groups excluding carboxylic acids is 6. The lowest BCUT2D eigenvalue weighted by Crippen LogP contribution is -2.72. The molecule has 0 saturated carbocycles. The van der Waals surface area contributed by atoms with Gasteiger partial charge in [-0.25, -0.2) is 4.79 Å². The number of methoxy groups -OCH3 is 1. The maximum Gasteiger partial charge on any atom is 0.355 e. The third kappa shape index (κ3) is 9.33. The van der Waals surface area contributed by atoms with Crippen molar-refractivity contribution < 1.29 is 57.2 Å². The summed E-state index contributed by atoms with van der Waals surface area (Å²) in [6, 6.07) is 7.29. The Morgan fingerprint density at radius 3 is 2.05 bits per heavy atom. The van der Waals surface area contributed by atoms with Crippen LogP contribution in [0.5, 0.6) is 0 Å². The highest BCUT2D eigenvalue weighted by Crippen LogP contribution is 2.46. The smallest absolute Gasteiger partial charge is 0.355 e. The third-order valence-corrected chi connectivity index (χ3v) is 7.59. The van der Waals surface area contributed by atoms with Crippen LogP contribution >= 0.6 is 23.4 Å². The topological polar surface area (TPSA) is 170 Å². The first-order valence-electron chi connectivity index (χ1n) is 12.3. The zero-order valence-electron chi connectivity index (χ0n) is 23.2. The summed E-state index contributed by atoms with van der Waals surface area (Å²) in [4.78, 5) is 74.4. The molecule has 0 spiro atoms. The van der Waals surface area contributed by atoms with E-state index in [-0.39, 0.29) is 0 Å². The van der Waals surface area contributed by atoms with E-state index in [1.165, 1.54) is 6.92 Å². The summed E-state index contributed by atoms with van der Waals surface area (Å²) in [6.45, 7) is 4.89. The Labute approximate surface area is 245 Å². The van der Waals surface area contributed by atoms with Gasteiger partial charge in [0.05, 0.1) is 13.2 Å². The Bertz CT molecular complexity index is 1130. The van der Waals surface area contributed by atoms with Gasteiger partial charge in [0.25, 0.3) is 5.06 Å². The van der Waals surface area contributed by atoms with E-state index in [2.05, 4.69) is 5.32 Å². The van der Waals surface area contributed by atoms with E-state index in [1.54, 1.807) is 30.3 Å². The van der Waals surface area contributed by atoms with Crippen LogP contribution in [-0.2, 0) is 57.2 Å². The molecule has 1 aliphatic rings. The Kier molecular flexibility index (Phi) is 12.4. The lowest BCUT2D eigenvalue weighted by molar-refractivity contribution is -0.223. The van der Waals surface area contributed by atoms with Gasteiger partial charge in [0.1, 0.15) is 24.1 Å². The molecular weight excluding hydrogens is 586 g/mol. The van der Waals surface area contributed by atoms with Crippen molar-refractivity contribution in [2.24, 2.45) is 0 Å². The molecule has 0 aromatic heterocycles. The number of benzene rings is 1. The molecule has 0 aliphatic carbocycles. The van der Waals surface area contributed by atoms with Crippen LogP contribution in [0.3, 0.4) is 0 Å². The Morgan fingerprint density at radius 1 is 0.951 bits per heavy atom. The van der Waals surface area contributed by atoms with E-state index in [0.717, 1.165) is 46.6 Å².